The van der Waals surface area contributed by atoms with Crippen LogP contribution in [0.1, 0.15) is 39.1 Å². The second-order valence-corrected chi connectivity index (χ2v) is 7.19. The molecule has 0 radical (unpaired) electrons. The molecule has 0 bridgehead atoms. The maximum Gasteiger partial charge on any atom is 0.283 e. The first-order chi connectivity index (χ1) is 17.5. The van der Waals surface area contributed by atoms with Gasteiger partial charge in [-0.15, -0.1) is 0 Å². The van der Waals surface area contributed by atoms with Crippen LogP contribution in [-0.2, 0) is 0 Å². The predicted octanol–water partition coefficient (Wildman–Crippen LogP) is 4.79. The Morgan fingerprint density at radius 1 is 1.03 bits per heavy atom. The standard InChI is InChI=1S/C17H17FN8O.C6H5F.C2H6/c1-3-10(24-15-13-14(21-7-20-13)22-8-23-15)16-25-11-6-4-5-9(18)12(11)17(27)26(16)19-2;7-6-4-2-1-3-5-6;1-2/h4-8,10,19H,3H2,1-2H3,(H2,20,21,22,23,24);1-5H;1-2H3. The molecule has 1 unspecified atom stereocenters. The number of aromatic amines is 1. The van der Waals surface area contributed by atoms with Crippen molar-refractivity contribution in [1.29, 1.82) is 0 Å². The maximum atomic E-state index is 14.1. The SMILES string of the molecule is CC.CCC(Nc1ncnc2nc[nH]c12)c1nc2cccc(F)c2c(=O)n1NC.Fc1ccccc1. The van der Waals surface area contributed by atoms with Gasteiger partial charge in [0.05, 0.1) is 17.9 Å². The monoisotopic (exact) mass is 494 g/mol. The molecule has 36 heavy (non-hydrogen) atoms. The van der Waals surface area contributed by atoms with Gasteiger partial charge >= 0.3 is 0 Å². The summed E-state index contributed by atoms with van der Waals surface area (Å²) in [7, 11) is 1.59. The summed E-state index contributed by atoms with van der Waals surface area (Å²) in [6.45, 7) is 5.95. The summed E-state index contributed by atoms with van der Waals surface area (Å²) in [5, 5.41) is 3.22. The number of anilines is 1. The van der Waals surface area contributed by atoms with Crippen molar-refractivity contribution in [2.24, 2.45) is 0 Å². The Bertz CT molecular complexity index is 1470. The Morgan fingerprint density at radius 2 is 1.78 bits per heavy atom. The lowest BCUT2D eigenvalue weighted by Crippen LogP contribution is -2.34. The van der Waals surface area contributed by atoms with Gasteiger partial charge in [-0.05, 0) is 30.7 Å². The third-order valence-corrected chi connectivity index (χ3v) is 5.08. The molecule has 5 rings (SSSR count). The third-order valence-electron chi connectivity index (χ3n) is 5.08. The maximum absolute atomic E-state index is 14.1. The largest absolute Gasteiger partial charge is 0.358 e. The van der Waals surface area contributed by atoms with Crippen LogP contribution in [0.3, 0.4) is 0 Å². The van der Waals surface area contributed by atoms with E-state index in [1.54, 1.807) is 31.3 Å². The van der Waals surface area contributed by atoms with Gasteiger partial charge in [-0.2, -0.15) is 0 Å². The average Bonchev–Trinajstić information content (AvgIpc) is 3.39. The number of nitrogens with zero attached hydrogens (tertiary/aromatic N) is 5. The number of aromatic nitrogens is 6. The van der Waals surface area contributed by atoms with Crippen molar-refractivity contribution in [3.05, 3.63) is 89.0 Å². The fourth-order valence-electron chi connectivity index (χ4n) is 3.46. The molecule has 1 atom stereocenters. The summed E-state index contributed by atoms with van der Waals surface area (Å²) in [4.78, 5) is 32.8. The molecule has 0 amide bonds. The molecule has 5 aromatic rings. The molecule has 0 saturated carbocycles. The Balaban J connectivity index is 0.000000342. The quantitative estimate of drug-likeness (QED) is 0.322. The van der Waals surface area contributed by atoms with Gasteiger partial charge in [0, 0.05) is 7.05 Å². The highest BCUT2D eigenvalue weighted by Crippen LogP contribution is 2.24. The molecule has 0 saturated heterocycles. The highest BCUT2D eigenvalue weighted by molar-refractivity contribution is 5.82. The summed E-state index contributed by atoms with van der Waals surface area (Å²) in [5.41, 5.74) is 3.79. The second-order valence-electron chi connectivity index (χ2n) is 7.19. The molecule has 0 aliphatic carbocycles. The van der Waals surface area contributed by atoms with Crippen molar-refractivity contribution in [1.82, 2.24) is 29.6 Å². The summed E-state index contributed by atoms with van der Waals surface area (Å²) in [5.74, 6) is 0.189. The number of imidazole rings is 1. The molecule has 0 fully saturated rings. The van der Waals surface area contributed by atoms with Crippen LogP contribution < -0.4 is 16.3 Å². The van der Waals surface area contributed by atoms with Crippen LogP contribution in [0.2, 0.25) is 0 Å². The third kappa shape index (κ3) is 5.62. The van der Waals surface area contributed by atoms with Crippen molar-refractivity contribution in [2.45, 2.75) is 33.2 Å². The molecule has 0 aliphatic rings. The van der Waals surface area contributed by atoms with Crippen molar-refractivity contribution in [3.8, 4) is 0 Å². The predicted molar refractivity (Wildman–Crippen MR) is 137 cm³/mol. The minimum Gasteiger partial charge on any atom is -0.358 e. The second kappa shape index (κ2) is 12.3. The number of benzene rings is 2. The zero-order valence-corrected chi connectivity index (χ0v) is 20.5. The Hall–Kier alpha value is -4.41. The first-order valence-electron chi connectivity index (χ1n) is 11.5. The van der Waals surface area contributed by atoms with Crippen LogP contribution in [0.5, 0.6) is 0 Å². The van der Waals surface area contributed by atoms with E-state index in [1.165, 1.54) is 41.6 Å². The van der Waals surface area contributed by atoms with Crippen LogP contribution in [0.25, 0.3) is 22.1 Å². The van der Waals surface area contributed by atoms with E-state index in [2.05, 4.69) is 35.7 Å². The zero-order chi connectivity index (χ0) is 26.1. The number of rotatable bonds is 5. The van der Waals surface area contributed by atoms with Gasteiger partial charge in [0.1, 0.15) is 28.9 Å². The van der Waals surface area contributed by atoms with E-state index in [9.17, 15) is 13.6 Å². The van der Waals surface area contributed by atoms with Crippen molar-refractivity contribution < 1.29 is 8.78 Å². The van der Waals surface area contributed by atoms with Crippen LogP contribution in [0.15, 0.2) is 66.0 Å². The highest BCUT2D eigenvalue weighted by Gasteiger charge is 2.21. The summed E-state index contributed by atoms with van der Waals surface area (Å²) in [6.07, 6.45) is 3.55. The topological polar surface area (TPSA) is 113 Å². The molecule has 0 aliphatic heterocycles. The highest BCUT2D eigenvalue weighted by atomic mass is 19.1. The summed E-state index contributed by atoms with van der Waals surface area (Å²) < 4.78 is 27.3. The Kier molecular flexibility index (Phi) is 8.98. The van der Waals surface area contributed by atoms with E-state index in [0.29, 0.717) is 34.7 Å². The smallest absolute Gasteiger partial charge is 0.283 e. The summed E-state index contributed by atoms with van der Waals surface area (Å²) >= 11 is 0. The molecule has 3 N–H and O–H groups in total. The normalized spacial score (nSPS) is 11.2. The molecule has 3 aromatic heterocycles. The van der Waals surface area contributed by atoms with E-state index in [-0.39, 0.29) is 17.2 Å². The Morgan fingerprint density at radius 3 is 2.42 bits per heavy atom. The van der Waals surface area contributed by atoms with Gasteiger partial charge < -0.3 is 15.7 Å². The van der Waals surface area contributed by atoms with Crippen LogP contribution >= 0.6 is 0 Å². The van der Waals surface area contributed by atoms with Gasteiger partial charge in [0.25, 0.3) is 5.56 Å². The molecule has 3 heterocycles. The van der Waals surface area contributed by atoms with Crippen molar-refractivity contribution >= 4 is 27.9 Å². The van der Waals surface area contributed by atoms with Crippen LogP contribution in [0.4, 0.5) is 14.6 Å². The van der Waals surface area contributed by atoms with E-state index >= 15 is 0 Å². The van der Waals surface area contributed by atoms with Gasteiger partial charge in [0.2, 0.25) is 0 Å². The van der Waals surface area contributed by atoms with Gasteiger partial charge in [-0.1, -0.05) is 45.0 Å². The fraction of sp³-hybridized carbons (Fsp3) is 0.240. The minimum absolute atomic E-state index is 0.0524. The summed E-state index contributed by atoms with van der Waals surface area (Å²) in [6, 6.07) is 12.0. The lowest BCUT2D eigenvalue weighted by molar-refractivity contribution is 0.619. The van der Waals surface area contributed by atoms with Gasteiger partial charge in [0.15, 0.2) is 17.3 Å². The first kappa shape index (κ1) is 26.2. The zero-order valence-electron chi connectivity index (χ0n) is 20.5. The molecule has 9 nitrogen and oxygen atoms in total. The molecule has 188 valence electrons. The number of halogens is 2. The molecule has 2 aromatic carbocycles. The number of H-pyrrole nitrogens is 1. The van der Waals surface area contributed by atoms with E-state index in [4.69, 9.17) is 0 Å². The molecule has 11 heteroatoms. The van der Waals surface area contributed by atoms with Gasteiger partial charge in [-0.3, -0.25) is 4.79 Å². The van der Waals surface area contributed by atoms with Gasteiger partial charge in [-0.25, -0.2) is 33.4 Å². The lowest BCUT2D eigenvalue weighted by atomic mass is 10.1. The number of hydrogen-bond donors (Lipinski definition) is 3. The van der Waals surface area contributed by atoms with E-state index in [0.717, 1.165) is 0 Å². The van der Waals surface area contributed by atoms with E-state index in [1.807, 2.05) is 20.8 Å². The molecule has 0 spiro atoms. The fourth-order valence-corrected chi connectivity index (χ4v) is 3.46. The van der Waals surface area contributed by atoms with E-state index < -0.39 is 11.4 Å². The molecular weight excluding hydrogens is 466 g/mol. The number of fused-ring (bicyclic) bond motifs is 2. The molecular formula is C25H28F2N8O. The Labute approximate surface area is 206 Å². The average molecular weight is 495 g/mol. The van der Waals surface area contributed by atoms with Crippen LogP contribution in [0, 0.1) is 11.6 Å². The van der Waals surface area contributed by atoms with Crippen molar-refractivity contribution in [3.63, 3.8) is 0 Å². The number of nitrogens with one attached hydrogen (secondary N) is 3. The number of hydrogen-bond acceptors (Lipinski definition) is 7. The minimum atomic E-state index is -0.600. The lowest BCUT2D eigenvalue weighted by Gasteiger charge is -2.21. The van der Waals surface area contributed by atoms with Crippen LogP contribution in [-0.4, -0.2) is 36.6 Å². The first-order valence-corrected chi connectivity index (χ1v) is 11.5. The van der Waals surface area contributed by atoms with Crippen molar-refractivity contribution in [2.75, 3.05) is 17.8 Å².